The zero-order valence-corrected chi connectivity index (χ0v) is 12.6. The van der Waals surface area contributed by atoms with Crippen LogP contribution in [0.4, 0.5) is 5.82 Å². The Morgan fingerprint density at radius 3 is 3.00 bits per heavy atom. The van der Waals surface area contributed by atoms with Crippen molar-refractivity contribution in [3.63, 3.8) is 0 Å². The normalized spacial score (nSPS) is 22.4. The minimum atomic E-state index is -0.263. The minimum Gasteiger partial charge on any atom is -0.367 e. The average molecular weight is 296 g/mol. The molecule has 108 valence electrons. The number of alkyl halides is 1. The molecule has 2 aromatic heterocycles. The molecule has 0 amide bonds. The molecular formula is C13H18ClN5O. The molecule has 0 aliphatic carbocycles. The van der Waals surface area contributed by atoms with E-state index in [2.05, 4.69) is 33.9 Å². The number of rotatable bonds is 2. The zero-order chi connectivity index (χ0) is 14.3. The van der Waals surface area contributed by atoms with Crippen LogP contribution in [0.1, 0.15) is 19.7 Å². The Bertz CT molecular complexity index is 626. The molecule has 0 radical (unpaired) electrons. The van der Waals surface area contributed by atoms with Gasteiger partial charge in [-0.3, -0.25) is 4.40 Å². The van der Waals surface area contributed by atoms with Gasteiger partial charge in [0.25, 0.3) is 0 Å². The van der Waals surface area contributed by atoms with Gasteiger partial charge >= 0.3 is 0 Å². The summed E-state index contributed by atoms with van der Waals surface area (Å²) in [6.07, 6.45) is 3.64. The van der Waals surface area contributed by atoms with Crippen LogP contribution in [-0.2, 0) is 4.74 Å². The van der Waals surface area contributed by atoms with Crippen molar-refractivity contribution in [2.75, 3.05) is 23.9 Å². The fourth-order valence-corrected chi connectivity index (χ4v) is 2.85. The van der Waals surface area contributed by atoms with E-state index in [0.29, 0.717) is 12.4 Å². The van der Waals surface area contributed by atoms with Gasteiger partial charge in [0, 0.05) is 25.5 Å². The predicted molar refractivity (Wildman–Crippen MR) is 77.4 cm³/mol. The quantitative estimate of drug-likeness (QED) is 0.789. The summed E-state index contributed by atoms with van der Waals surface area (Å²) in [5.74, 6) is 2.15. The maximum Gasteiger partial charge on any atom is 0.203 e. The van der Waals surface area contributed by atoms with Crippen LogP contribution in [0.15, 0.2) is 12.4 Å². The van der Waals surface area contributed by atoms with Crippen molar-refractivity contribution < 1.29 is 4.74 Å². The van der Waals surface area contributed by atoms with Crippen LogP contribution in [-0.4, -0.2) is 50.3 Å². The molecule has 0 spiro atoms. The Hall–Kier alpha value is -1.40. The van der Waals surface area contributed by atoms with Crippen LogP contribution in [0.2, 0.25) is 0 Å². The van der Waals surface area contributed by atoms with Gasteiger partial charge in [-0.2, -0.15) is 0 Å². The number of fused-ring (bicyclic) bond motifs is 1. The highest BCUT2D eigenvalue weighted by Gasteiger charge is 2.34. The Morgan fingerprint density at radius 1 is 1.45 bits per heavy atom. The Morgan fingerprint density at radius 2 is 2.25 bits per heavy atom. The summed E-state index contributed by atoms with van der Waals surface area (Å²) >= 11 is 5.98. The number of anilines is 1. The molecule has 2 aromatic rings. The number of hydrogen-bond acceptors (Lipinski definition) is 5. The second-order valence-electron chi connectivity index (χ2n) is 5.73. The Balaban J connectivity index is 2.01. The summed E-state index contributed by atoms with van der Waals surface area (Å²) < 4.78 is 7.89. The first kappa shape index (κ1) is 13.6. The molecule has 20 heavy (non-hydrogen) atoms. The van der Waals surface area contributed by atoms with Crippen molar-refractivity contribution >= 4 is 23.1 Å². The van der Waals surface area contributed by atoms with Crippen molar-refractivity contribution in [3.8, 4) is 0 Å². The number of hydrogen-bond donors (Lipinski definition) is 0. The summed E-state index contributed by atoms with van der Waals surface area (Å²) in [7, 11) is 0. The molecule has 6 nitrogen and oxygen atoms in total. The van der Waals surface area contributed by atoms with E-state index in [9.17, 15) is 0 Å². The van der Waals surface area contributed by atoms with Gasteiger partial charge in [-0.1, -0.05) is 0 Å². The van der Waals surface area contributed by atoms with Gasteiger partial charge < -0.3 is 9.64 Å². The molecule has 1 aliphatic rings. The second-order valence-corrected chi connectivity index (χ2v) is 6.03. The lowest BCUT2D eigenvalue weighted by atomic mass is 10.1. The fourth-order valence-electron chi connectivity index (χ4n) is 2.69. The van der Waals surface area contributed by atoms with Crippen molar-refractivity contribution in [1.29, 1.82) is 0 Å². The molecule has 1 atom stereocenters. The van der Waals surface area contributed by atoms with Gasteiger partial charge in [-0.15, -0.1) is 21.8 Å². The van der Waals surface area contributed by atoms with Gasteiger partial charge in [0.2, 0.25) is 5.65 Å². The van der Waals surface area contributed by atoms with E-state index >= 15 is 0 Å². The molecule has 0 saturated carbocycles. The summed E-state index contributed by atoms with van der Waals surface area (Å²) in [6, 6.07) is 0. The molecule has 3 rings (SSSR count). The molecule has 1 unspecified atom stereocenters. The molecule has 0 bridgehead atoms. The van der Waals surface area contributed by atoms with E-state index < -0.39 is 0 Å². The largest absolute Gasteiger partial charge is 0.367 e. The minimum absolute atomic E-state index is 0.00788. The highest BCUT2D eigenvalue weighted by atomic mass is 35.5. The van der Waals surface area contributed by atoms with Crippen LogP contribution in [0, 0.1) is 6.92 Å². The van der Waals surface area contributed by atoms with Crippen LogP contribution in [0.3, 0.4) is 0 Å². The van der Waals surface area contributed by atoms with E-state index in [1.165, 1.54) is 0 Å². The summed E-state index contributed by atoms with van der Waals surface area (Å²) in [6.45, 7) is 7.51. The van der Waals surface area contributed by atoms with Crippen LogP contribution < -0.4 is 4.90 Å². The first-order chi connectivity index (χ1) is 9.50. The van der Waals surface area contributed by atoms with Crippen LogP contribution in [0.5, 0.6) is 0 Å². The first-order valence-electron chi connectivity index (χ1n) is 6.65. The van der Waals surface area contributed by atoms with E-state index in [0.717, 1.165) is 23.8 Å². The number of nitrogens with zero attached hydrogens (tertiary/aromatic N) is 5. The Labute approximate surface area is 122 Å². The summed E-state index contributed by atoms with van der Waals surface area (Å²) in [4.78, 5) is 6.66. The summed E-state index contributed by atoms with van der Waals surface area (Å²) in [5.41, 5.74) is 0.512. The lowest BCUT2D eigenvalue weighted by Crippen LogP contribution is -2.53. The third-order valence-corrected chi connectivity index (χ3v) is 3.78. The lowest BCUT2D eigenvalue weighted by Gasteiger charge is -2.42. The van der Waals surface area contributed by atoms with Gasteiger partial charge in [-0.05, 0) is 20.8 Å². The third kappa shape index (κ3) is 2.33. The molecule has 0 N–H and O–H groups in total. The summed E-state index contributed by atoms with van der Waals surface area (Å²) in [5, 5.41) is 8.34. The van der Waals surface area contributed by atoms with Crippen molar-refractivity contribution in [3.05, 3.63) is 18.2 Å². The molecule has 7 heteroatoms. The zero-order valence-electron chi connectivity index (χ0n) is 11.9. The van der Waals surface area contributed by atoms with Crippen LogP contribution >= 0.6 is 11.6 Å². The van der Waals surface area contributed by atoms with Gasteiger partial charge in [-0.25, -0.2) is 4.98 Å². The number of ether oxygens (including phenoxy) is 1. The number of morpholine rings is 1. The molecule has 3 heterocycles. The maximum absolute atomic E-state index is 5.98. The topological polar surface area (TPSA) is 55.5 Å². The third-order valence-electron chi connectivity index (χ3n) is 3.43. The second kappa shape index (κ2) is 4.86. The number of aromatic nitrogens is 4. The van der Waals surface area contributed by atoms with E-state index in [4.69, 9.17) is 16.3 Å². The molecule has 1 aliphatic heterocycles. The first-order valence-corrected chi connectivity index (χ1v) is 7.19. The number of halogens is 1. The van der Waals surface area contributed by atoms with Gasteiger partial charge in [0.05, 0.1) is 17.6 Å². The molecule has 1 fully saturated rings. The van der Waals surface area contributed by atoms with E-state index in [-0.39, 0.29) is 11.7 Å². The smallest absolute Gasteiger partial charge is 0.203 e. The van der Waals surface area contributed by atoms with Crippen molar-refractivity contribution in [2.24, 2.45) is 0 Å². The van der Waals surface area contributed by atoms with Gasteiger partial charge in [0.15, 0.2) is 5.82 Å². The molecule has 0 aromatic carbocycles. The average Bonchev–Trinajstić information content (AvgIpc) is 2.79. The maximum atomic E-state index is 5.98. The number of aryl methyl sites for hydroxylation is 1. The highest BCUT2D eigenvalue weighted by molar-refractivity contribution is 6.18. The lowest BCUT2D eigenvalue weighted by molar-refractivity contribution is -0.0735. The monoisotopic (exact) mass is 295 g/mol. The van der Waals surface area contributed by atoms with E-state index in [1.807, 2.05) is 17.5 Å². The highest BCUT2D eigenvalue weighted by Crippen LogP contribution is 2.27. The molecule has 1 saturated heterocycles. The van der Waals surface area contributed by atoms with Crippen LogP contribution in [0.25, 0.3) is 5.65 Å². The SMILES string of the molecule is Cc1nnc2c(N3CC(CCl)OC(C)(C)C3)nccn12. The van der Waals surface area contributed by atoms with Crippen molar-refractivity contribution in [2.45, 2.75) is 32.5 Å². The predicted octanol–water partition coefficient (Wildman–Crippen LogP) is 1.66. The fraction of sp³-hybridized carbons (Fsp3) is 0.615. The standard InChI is InChI=1S/C13H18ClN5O/c1-9-16-17-12-11(15-4-5-19(9)12)18-7-10(6-14)20-13(2,3)8-18/h4-5,10H,6-8H2,1-3H3. The Kier molecular flexibility index (Phi) is 3.30. The van der Waals surface area contributed by atoms with E-state index in [1.54, 1.807) is 6.20 Å². The van der Waals surface area contributed by atoms with Crippen molar-refractivity contribution in [1.82, 2.24) is 19.6 Å². The molecular weight excluding hydrogens is 278 g/mol. The van der Waals surface area contributed by atoms with Gasteiger partial charge in [0.1, 0.15) is 5.82 Å².